The number of nitrogens with zero attached hydrogens (tertiary/aromatic N) is 3. The third kappa shape index (κ3) is 5.16. The molecule has 0 aliphatic rings. The summed E-state index contributed by atoms with van der Waals surface area (Å²) in [5, 5.41) is 3.84. The highest BCUT2D eigenvalue weighted by atomic mass is 32.1. The van der Waals surface area contributed by atoms with Gasteiger partial charge >= 0.3 is 0 Å². The quantitative estimate of drug-likeness (QED) is 0.226. The van der Waals surface area contributed by atoms with Gasteiger partial charge in [0.25, 0.3) is 0 Å². The summed E-state index contributed by atoms with van der Waals surface area (Å²) in [6.45, 7) is -0.136. The molecule has 0 saturated heterocycles. The Bertz CT molecular complexity index is 807. The Morgan fingerprint density at radius 2 is 1.69 bits per heavy atom. The van der Waals surface area contributed by atoms with Crippen LogP contribution in [0.4, 0.5) is 0 Å². The first-order valence-corrected chi connectivity index (χ1v) is 8.99. The summed E-state index contributed by atoms with van der Waals surface area (Å²) in [6, 6.07) is 19.0. The first kappa shape index (κ1) is 20.1. The van der Waals surface area contributed by atoms with Crippen molar-refractivity contribution >= 4 is 35.5 Å². The van der Waals surface area contributed by atoms with Gasteiger partial charge in [0, 0.05) is 9.78 Å². The second kappa shape index (κ2) is 9.50. The normalized spacial score (nSPS) is 13.9. The lowest BCUT2D eigenvalue weighted by Crippen LogP contribution is -2.42. The molecule has 2 N–H and O–H groups in total. The molecule has 0 fully saturated rings. The Balaban J connectivity index is 2.35. The Morgan fingerprint density at radius 1 is 1.15 bits per heavy atom. The van der Waals surface area contributed by atoms with Crippen molar-refractivity contribution in [3.8, 4) is 0 Å². The zero-order valence-electron chi connectivity index (χ0n) is 14.2. The predicted octanol–water partition coefficient (Wildman–Crippen LogP) is 3.92. The van der Waals surface area contributed by atoms with Gasteiger partial charge in [0.1, 0.15) is 4.87 Å². The summed E-state index contributed by atoms with van der Waals surface area (Å²) in [5.74, 6) is -0.845. The number of rotatable bonds is 9. The molecule has 2 atom stereocenters. The lowest BCUT2D eigenvalue weighted by molar-refractivity contribution is -0.119. The maximum absolute atomic E-state index is 12.5. The number of hydrogen-bond acceptors (Lipinski definition) is 5. The number of thiocarbonyl (C=S) groups is 1. The summed E-state index contributed by atoms with van der Waals surface area (Å²) >= 11 is 10.2. The molecule has 5 nitrogen and oxygen atoms in total. The van der Waals surface area contributed by atoms with Gasteiger partial charge in [-0.2, -0.15) is 12.6 Å². The van der Waals surface area contributed by atoms with Gasteiger partial charge in [0.2, 0.25) is 0 Å². The summed E-state index contributed by atoms with van der Waals surface area (Å²) < 4.78 is 0. The molecule has 0 aliphatic carbocycles. The van der Waals surface area contributed by atoms with Gasteiger partial charge < -0.3 is 5.73 Å². The van der Waals surface area contributed by atoms with Gasteiger partial charge in [-0.05, 0) is 29.5 Å². The van der Waals surface area contributed by atoms with Gasteiger partial charge in [-0.1, -0.05) is 78.0 Å². The lowest BCUT2D eigenvalue weighted by Gasteiger charge is -2.29. The molecule has 1 unspecified atom stereocenters. The van der Waals surface area contributed by atoms with Crippen molar-refractivity contribution in [2.75, 3.05) is 6.54 Å². The smallest absolute Gasteiger partial charge is 0.154 e. The van der Waals surface area contributed by atoms with Gasteiger partial charge in [-0.25, -0.2) is 0 Å². The van der Waals surface area contributed by atoms with Crippen LogP contribution in [0.25, 0.3) is 10.4 Å². The van der Waals surface area contributed by atoms with Crippen LogP contribution in [0.2, 0.25) is 0 Å². The minimum absolute atomic E-state index is 0.136. The van der Waals surface area contributed by atoms with Gasteiger partial charge in [-0.15, -0.1) is 0 Å². The standard InChI is InChI=1S/C19H20N4OS2/c20-13-17(24)16(11-14-7-3-1-4-8-14)18(25)19(26,22-23-21)12-15-9-5-2-6-10-15/h1-10,16,26H,11-13,20H2/t16?,19-/m1/s1. The molecule has 0 amide bonds. The van der Waals surface area contributed by atoms with Crippen molar-refractivity contribution in [2.45, 2.75) is 17.7 Å². The molecule has 0 saturated carbocycles. The SMILES string of the molecule is [N-]=[N+]=N[C@@](S)(Cc1ccccc1)C(=S)C(Cc1ccccc1)C(=O)CN. The van der Waals surface area contributed by atoms with Crippen LogP contribution in [0.15, 0.2) is 65.8 Å². The van der Waals surface area contributed by atoms with Gasteiger partial charge in [0.15, 0.2) is 5.78 Å². The molecule has 134 valence electrons. The second-order valence-electron chi connectivity index (χ2n) is 5.95. The van der Waals surface area contributed by atoms with Crippen molar-refractivity contribution < 1.29 is 4.79 Å². The van der Waals surface area contributed by atoms with Crippen molar-refractivity contribution in [3.05, 3.63) is 82.2 Å². The van der Waals surface area contributed by atoms with Crippen LogP contribution in [0.5, 0.6) is 0 Å². The topological polar surface area (TPSA) is 91.9 Å². The number of carbonyl (C=O) groups excluding carboxylic acids is 1. The minimum Gasteiger partial charge on any atom is -0.324 e. The van der Waals surface area contributed by atoms with Crippen molar-refractivity contribution in [1.82, 2.24) is 0 Å². The summed E-state index contributed by atoms with van der Waals surface area (Å²) in [6.07, 6.45) is 0.691. The molecule has 7 heteroatoms. The number of azide groups is 1. The van der Waals surface area contributed by atoms with Gasteiger partial charge in [0.05, 0.1) is 12.5 Å². The fourth-order valence-corrected chi connectivity index (χ4v) is 3.46. The lowest BCUT2D eigenvalue weighted by atomic mass is 9.86. The van der Waals surface area contributed by atoms with E-state index in [1.54, 1.807) is 0 Å². The zero-order valence-corrected chi connectivity index (χ0v) is 15.9. The number of Topliss-reactive ketones (excluding diaryl/α,β-unsaturated/α-hetero) is 1. The average molecular weight is 385 g/mol. The number of carbonyl (C=O) groups is 1. The largest absolute Gasteiger partial charge is 0.324 e. The highest BCUT2D eigenvalue weighted by Crippen LogP contribution is 2.30. The van der Waals surface area contributed by atoms with E-state index in [1.807, 2.05) is 60.7 Å². The monoisotopic (exact) mass is 384 g/mol. The molecule has 0 aliphatic heterocycles. The Morgan fingerprint density at radius 3 is 2.19 bits per heavy atom. The predicted molar refractivity (Wildman–Crippen MR) is 111 cm³/mol. The third-order valence-corrected chi connectivity index (χ3v) is 5.35. The third-order valence-electron chi connectivity index (χ3n) is 4.09. The van der Waals surface area contributed by atoms with E-state index in [0.717, 1.165) is 11.1 Å². The molecule has 2 aromatic carbocycles. The first-order valence-electron chi connectivity index (χ1n) is 8.13. The molecule has 0 aromatic heterocycles. The summed E-state index contributed by atoms with van der Waals surface area (Å²) in [7, 11) is 0. The van der Waals surface area contributed by atoms with E-state index in [-0.39, 0.29) is 12.3 Å². The maximum atomic E-state index is 12.5. The van der Waals surface area contributed by atoms with Crippen LogP contribution < -0.4 is 5.73 Å². The van der Waals surface area contributed by atoms with Crippen LogP contribution in [-0.4, -0.2) is 22.1 Å². The van der Waals surface area contributed by atoms with Crippen molar-refractivity contribution in [2.24, 2.45) is 16.8 Å². The highest BCUT2D eigenvalue weighted by Gasteiger charge is 2.37. The van der Waals surface area contributed by atoms with E-state index in [2.05, 4.69) is 22.7 Å². The molecule has 0 spiro atoms. The molecular weight excluding hydrogens is 364 g/mol. The number of thiol groups is 1. The maximum Gasteiger partial charge on any atom is 0.154 e. The minimum atomic E-state index is -1.30. The van der Waals surface area contributed by atoms with Crippen molar-refractivity contribution in [1.29, 1.82) is 0 Å². The van der Waals surface area contributed by atoms with E-state index >= 15 is 0 Å². The summed E-state index contributed by atoms with van der Waals surface area (Å²) in [4.78, 5) is 14.4. The summed E-state index contributed by atoms with van der Waals surface area (Å²) in [5.41, 5.74) is 16.5. The average Bonchev–Trinajstić information content (AvgIpc) is 2.66. The number of hydrogen-bond donors (Lipinski definition) is 2. The molecule has 26 heavy (non-hydrogen) atoms. The Kier molecular flexibility index (Phi) is 7.36. The second-order valence-corrected chi connectivity index (χ2v) is 7.13. The van der Waals surface area contributed by atoms with Crippen LogP contribution in [0, 0.1) is 5.92 Å². The number of nitrogens with two attached hydrogens (primary N) is 1. The van der Waals surface area contributed by atoms with Crippen LogP contribution in [0.1, 0.15) is 11.1 Å². The molecule has 0 heterocycles. The van der Waals surface area contributed by atoms with E-state index < -0.39 is 10.8 Å². The van der Waals surface area contributed by atoms with Crippen molar-refractivity contribution in [3.63, 3.8) is 0 Å². The Labute approximate surface area is 163 Å². The van der Waals surface area contributed by atoms with E-state index in [4.69, 9.17) is 23.5 Å². The molecule has 0 bridgehead atoms. The van der Waals surface area contributed by atoms with E-state index in [1.165, 1.54) is 0 Å². The van der Waals surface area contributed by atoms with E-state index in [9.17, 15) is 4.79 Å². The fourth-order valence-electron chi connectivity index (χ4n) is 2.75. The number of benzene rings is 2. The van der Waals surface area contributed by atoms with Crippen LogP contribution in [0.3, 0.4) is 0 Å². The Hall–Kier alpha value is -2.18. The van der Waals surface area contributed by atoms with Gasteiger partial charge in [-0.3, -0.25) is 4.79 Å². The molecule has 2 aromatic rings. The van der Waals surface area contributed by atoms with E-state index in [0.29, 0.717) is 17.7 Å². The fraction of sp³-hybridized carbons (Fsp3) is 0.263. The zero-order chi connectivity index (χ0) is 19.0. The van der Waals surface area contributed by atoms with Crippen LogP contribution in [-0.2, 0) is 17.6 Å². The molecular formula is C19H20N4OS2. The highest BCUT2D eigenvalue weighted by molar-refractivity contribution is 7.87. The molecule has 2 rings (SSSR count). The molecule has 0 radical (unpaired) electrons. The first-order chi connectivity index (χ1) is 12.5. The van der Waals surface area contributed by atoms with Crippen LogP contribution >= 0.6 is 24.8 Å². The number of ketones is 1.